The fraction of sp³-hybridized carbons (Fsp3) is 0.133. The van der Waals surface area contributed by atoms with Crippen molar-refractivity contribution >= 4 is 11.4 Å². The standard InChI is InChI=1S/C15H13FN2/c1-10-5-3-7-14(11(10)2)18-15-8-4-6-13(16)12(15)9-17/h3-8,18H,1-2H3. The van der Waals surface area contributed by atoms with Gasteiger partial charge in [0.25, 0.3) is 0 Å². The molecule has 0 heterocycles. The summed E-state index contributed by atoms with van der Waals surface area (Å²) in [6.45, 7) is 4.00. The van der Waals surface area contributed by atoms with E-state index < -0.39 is 5.82 Å². The van der Waals surface area contributed by atoms with Crippen LogP contribution in [0, 0.1) is 31.0 Å². The average Bonchev–Trinajstić information content (AvgIpc) is 2.35. The number of hydrogen-bond acceptors (Lipinski definition) is 2. The monoisotopic (exact) mass is 240 g/mol. The molecule has 0 spiro atoms. The van der Waals surface area contributed by atoms with Crippen molar-refractivity contribution in [2.75, 3.05) is 5.32 Å². The maximum atomic E-state index is 13.5. The van der Waals surface area contributed by atoms with Gasteiger partial charge in [-0.1, -0.05) is 18.2 Å². The third kappa shape index (κ3) is 2.18. The van der Waals surface area contributed by atoms with Gasteiger partial charge in [-0.25, -0.2) is 4.39 Å². The number of nitriles is 1. The van der Waals surface area contributed by atoms with Gasteiger partial charge in [-0.15, -0.1) is 0 Å². The van der Waals surface area contributed by atoms with Gasteiger partial charge in [0.1, 0.15) is 17.4 Å². The molecule has 2 rings (SSSR count). The maximum absolute atomic E-state index is 13.5. The second kappa shape index (κ2) is 4.89. The fourth-order valence-corrected chi connectivity index (χ4v) is 1.77. The van der Waals surface area contributed by atoms with Gasteiger partial charge in [0.05, 0.1) is 5.69 Å². The van der Waals surface area contributed by atoms with Crippen molar-refractivity contribution in [1.29, 1.82) is 5.26 Å². The van der Waals surface area contributed by atoms with Crippen LogP contribution in [0.2, 0.25) is 0 Å². The number of anilines is 2. The summed E-state index contributed by atoms with van der Waals surface area (Å²) in [5.74, 6) is -0.507. The Bertz CT molecular complexity index is 627. The lowest BCUT2D eigenvalue weighted by Crippen LogP contribution is -1.98. The molecule has 0 amide bonds. The molecule has 3 heteroatoms. The summed E-state index contributed by atoms with van der Waals surface area (Å²) in [7, 11) is 0. The molecule has 0 aliphatic carbocycles. The van der Waals surface area contributed by atoms with E-state index in [0.717, 1.165) is 16.8 Å². The van der Waals surface area contributed by atoms with Gasteiger partial charge in [-0.05, 0) is 43.2 Å². The highest BCUT2D eigenvalue weighted by molar-refractivity contribution is 5.69. The Hall–Kier alpha value is -2.34. The predicted octanol–water partition coefficient (Wildman–Crippen LogP) is 4.06. The minimum absolute atomic E-state index is 0.0402. The first-order valence-corrected chi connectivity index (χ1v) is 5.65. The number of aryl methyl sites for hydroxylation is 1. The van der Waals surface area contributed by atoms with Crippen LogP contribution < -0.4 is 5.32 Å². The van der Waals surface area contributed by atoms with Crippen LogP contribution in [0.5, 0.6) is 0 Å². The first kappa shape index (κ1) is 12.1. The lowest BCUT2D eigenvalue weighted by Gasteiger charge is -2.12. The van der Waals surface area contributed by atoms with Crippen molar-refractivity contribution in [3.8, 4) is 6.07 Å². The number of halogens is 1. The molecule has 0 aliphatic heterocycles. The molecular weight excluding hydrogens is 227 g/mol. The molecule has 0 bridgehead atoms. The number of rotatable bonds is 2. The van der Waals surface area contributed by atoms with Crippen LogP contribution in [0.1, 0.15) is 16.7 Å². The third-order valence-corrected chi connectivity index (χ3v) is 3.00. The summed E-state index contributed by atoms with van der Waals surface area (Å²) in [5.41, 5.74) is 3.65. The van der Waals surface area contributed by atoms with E-state index in [4.69, 9.17) is 5.26 Å². The molecule has 0 aliphatic rings. The van der Waals surface area contributed by atoms with Gasteiger partial charge in [-0.2, -0.15) is 5.26 Å². The molecule has 2 nitrogen and oxygen atoms in total. The van der Waals surface area contributed by atoms with Crippen LogP contribution in [0.4, 0.5) is 15.8 Å². The van der Waals surface area contributed by atoms with Crippen LogP contribution >= 0.6 is 0 Å². The van der Waals surface area contributed by atoms with Crippen molar-refractivity contribution < 1.29 is 4.39 Å². The highest BCUT2D eigenvalue weighted by Gasteiger charge is 2.09. The van der Waals surface area contributed by atoms with E-state index in [-0.39, 0.29) is 5.56 Å². The Morgan fingerprint density at radius 1 is 1.06 bits per heavy atom. The fourth-order valence-electron chi connectivity index (χ4n) is 1.77. The summed E-state index contributed by atoms with van der Waals surface area (Å²) >= 11 is 0. The van der Waals surface area contributed by atoms with Crippen LogP contribution in [0.3, 0.4) is 0 Å². The van der Waals surface area contributed by atoms with E-state index in [2.05, 4.69) is 5.32 Å². The minimum atomic E-state index is -0.507. The maximum Gasteiger partial charge on any atom is 0.143 e. The molecule has 2 aromatic carbocycles. The molecule has 0 saturated heterocycles. The zero-order valence-corrected chi connectivity index (χ0v) is 10.3. The van der Waals surface area contributed by atoms with Gasteiger partial charge < -0.3 is 5.32 Å². The molecule has 1 N–H and O–H groups in total. The van der Waals surface area contributed by atoms with Gasteiger partial charge in [0.2, 0.25) is 0 Å². The Kier molecular flexibility index (Phi) is 3.29. The summed E-state index contributed by atoms with van der Waals surface area (Å²) < 4.78 is 13.5. The molecule has 0 saturated carbocycles. The largest absolute Gasteiger partial charge is 0.354 e. The highest BCUT2D eigenvalue weighted by atomic mass is 19.1. The first-order chi connectivity index (χ1) is 8.63. The van der Waals surface area contributed by atoms with Gasteiger partial charge in [0, 0.05) is 5.69 Å². The minimum Gasteiger partial charge on any atom is -0.354 e. The van der Waals surface area contributed by atoms with E-state index in [1.807, 2.05) is 38.1 Å². The van der Waals surface area contributed by atoms with E-state index in [0.29, 0.717) is 5.69 Å². The SMILES string of the molecule is Cc1cccc(Nc2cccc(F)c2C#N)c1C. The van der Waals surface area contributed by atoms with Gasteiger partial charge in [0.15, 0.2) is 0 Å². The van der Waals surface area contributed by atoms with Crippen LogP contribution in [0.25, 0.3) is 0 Å². The molecule has 0 atom stereocenters. The molecule has 2 aromatic rings. The molecule has 0 radical (unpaired) electrons. The number of hydrogen-bond donors (Lipinski definition) is 1. The lowest BCUT2D eigenvalue weighted by atomic mass is 10.1. The topological polar surface area (TPSA) is 35.8 Å². The van der Waals surface area contributed by atoms with E-state index in [9.17, 15) is 4.39 Å². The number of nitrogens with one attached hydrogen (secondary N) is 1. The molecule has 18 heavy (non-hydrogen) atoms. The predicted molar refractivity (Wildman–Crippen MR) is 70.3 cm³/mol. The summed E-state index contributed by atoms with van der Waals surface area (Å²) in [5, 5.41) is 12.1. The van der Waals surface area contributed by atoms with E-state index in [1.165, 1.54) is 6.07 Å². The molecular formula is C15H13FN2. The van der Waals surface area contributed by atoms with Crippen molar-refractivity contribution in [2.45, 2.75) is 13.8 Å². The van der Waals surface area contributed by atoms with Gasteiger partial charge >= 0.3 is 0 Å². The Labute approximate surface area is 106 Å². The normalized spacial score (nSPS) is 9.89. The second-order valence-electron chi connectivity index (χ2n) is 4.15. The van der Waals surface area contributed by atoms with E-state index >= 15 is 0 Å². The quantitative estimate of drug-likeness (QED) is 0.859. The van der Waals surface area contributed by atoms with Gasteiger partial charge in [-0.3, -0.25) is 0 Å². The van der Waals surface area contributed by atoms with Crippen molar-refractivity contribution in [3.05, 3.63) is 58.9 Å². The Balaban J connectivity index is 2.44. The third-order valence-electron chi connectivity index (χ3n) is 3.00. The van der Waals surface area contributed by atoms with Crippen LogP contribution in [0.15, 0.2) is 36.4 Å². The Morgan fingerprint density at radius 2 is 1.72 bits per heavy atom. The summed E-state index contributed by atoms with van der Waals surface area (Å²) in [4.78, 5) is 0. The van der Waals surface area contributed by atoms with E-state index in [1.54, 1.807) is 12.1 Å². The Morgan fingerprint density at radius 3 is 2.44 bits per heavy atom. The summed E-state index contributed by atoms with van der Waals surface area (Å²) in [6, 6.07) is 12.3. The zero-order chi connectivity index (χ0) is 13.1. The first-order valence-electron chi connectivity index (χ1n) is 5.65. The van der Waals surface area contributed by atoms with Crippen LogP contribution in [-0.2, 0) is 0 Å². The summed E-state index contributed by atoms with van der Waals surface area (Å²) in [6.07, 6.45) is 0. The second-order valence-corrected chi connectivity index (χ2v) is 4.15. The number of benzene rings is 2. The average molecular weight is 240 g/mol. The van der Waals surface area contributed by atoms with Crippen molar-refractivity contribution in [3.63, 3.8) is 0 Å². The highest BCUT2D eigenvalue weighted by Crippen LogP contribution is 2.26. The smallest absolute Gasteiger partial charge is 0.143 e. The molecule has 0 fully saturated rings. The zero-order valence-electron chi connectivity index (χ0n) is 10.3. The van der Waals surface area contributed by atoms with Crippen molar-refractivity contribution in [1.82, 2.24) is 0 Å². The molecule has 0 unspecified atom stereocenters. The van der Waals surface area contributed by atoms with Crippen molar-refractivity contribution in [2.24, 2.45) is 0 Å². The molecule has 90 valence electrons. The van der Waals surface area contributed by atoms with Crippen LogP contribution in [-0.4, -0.2) is 0 Å². The lowest BCUT2D eigenvalue weighted by molar-refractivity contribution is 0.624. The number of nitrogens with zero attached hydrogens (tertiary/aromatic N) is 1. The molecule has 0 aromatic heterocycles.